The fourth-order valence-corrected chi connectivity index (χ4v) is 11.9. The summed E-state index contributed by atoms with van der Waals surface area (Å²) in [5, 5.41) is 3.74. The van der Waals surface area contributed by atoms with E-state index in [0.29, 0.717) is 0 Å². The highest BCUT2D eigenvalue weighted by Crippen LogP contribution is 2.62. The van der Waals surface area contributed by atoms with E-state index in [9.17, 15) is 0 Å². The monoisotopic (exact) mass is 747 g/mol. The highest BCUT2D eigenvalue weighted by atomic mass is 16.3. The molecule has 0 radical (unpaired) electrons. The van der Waals surface area contributed by atoms with Crippen LogP contribution in [0.2, 0.25) is 0 Å². The molecule has 2 unspecified atom stereocenters. The summed E-state index contributed by atoms with van der Waals surface area (Å²) in [6.45, 7) is 7.21. The summed E-state index contributed by atoms with van der Waals surface area (Å²) in [6.07, 6.45) is 4.85. The molecule has 1 saturated carbocycles. The standard InChI is InChI=1S/C53H42BN3O/c1-33-23-25-36(26-24-33)57-43-21-11-7-17-37(43)39-31-46(56-44-22-12-9-19-40(44)52(2)27-13-14-28-53(52,56)3)49-38-18-8-10-20-42(38)55-45-32-48-35(29-41(45)54(57)50(39)51(49)55)30-47(58-48)34-15-5-4-6-16-34/h4-12,15-26,29-32H,13-14,27-28H2,1-3H3. The van der Waals surface area contributed by atoms with Crippen molar-refractivity contribution in [1.29, 1.82) is 0 Å². The van der Waals surface area contributed by atoms with Crippen molar-refractivity contribution < 1.29 is 4.42 Å². The predicted octanol–water partition coefficient (Wildman–Crippen LogP) is 12.5. The molecular weight excluding hydrogens is 705 g/mol. The Labute approximate surface area is 339 Å². The van der Waals surface area contributed by atoms with Gasteiger partial charge in [0, 0.05) is 61.5 Å². The predicted molar refractivity (Wildman–Crippen MR) is 243 cm³/mol. The van der Waals surface area contributed by atoms with Crippen LogP contribution in [0.1, 0.15) is 50.7 Å². The molecule has 1 aliphatic carbocycles. The molecule has 7 aromatic carbocycles. The van der Waals surface area contributed by atoms with E-state index in [0.717, 1.165) is 28.7 Å². The second-order valence-corrected chi connectivity index (χ2v) is 17.6. The Morgan fingerprint density at radius 2 is 1.38 bits per heavy atom. The quantitative estimate of drug-likeness (QED) is 0.168. The van der Waals surface area contributed by atoms with E-state index >= 15 is 0 Å². The minimum absolute atomic E-state index is 0.0378. The molecule has 0 spiro atoms. The van der Waals surface area contributed by atoms with Crippen LogP contribution in [0.3, 0.4) is 0 Å². The number of aryl methyl sites for hydroxylation is 1. The summed E-state index contributed by atoms with van der Waals surface area (Å²) in [5.41, 5.74) is 18.8. The largest absolute Gasteiger partial charge is 0.456 e. The third-order valence-electron chi connectivity index (χ3n) is 14.8. The Morgan fingerprint density at radius 3 is 2.24 bits per heavy atom. The van der Waals surface area contributed by atoms with Gasteiger partial charge in [-0.15, -0.1) is 0 Å². The topological polar surface area (TPSA) is 24.6 Å². The smallest absolute Gasteiger partial charge is 0.333 e. The molecule has 0 bridgehead atoms. The van der Waals surface area contributed by atoms with Gasteiger partial charge in [-0.1, -0.05) is 128 Å². The average Bonchev–Trinajstić information content (AvgIpc) is 3.90. The maximum absolute atomic E-state index is 6.77. The average molecular weight is 748 g/mol. The number of aromatic nitrogens is 1. The minimum Gasteiger partial charge on any atom is -0.456 e. The van der Waals surface area contributed by atoms with Gasteiger partial charge in [-0.25, -0.2) is 0 Å². The fourth-order valence-electron chi connectivity index (χ4n) is 11.9. The first-order valence-electron chi connectivity index (χ1n) is 21.0. The van der Waals surface area contributed by atoms with Crippen molar-refractivity contribution in [1.82, 2.24) is 4.57 Å². The fraction of sp³-hybridized carbons (Fsp3) is 0.170. The van der Waals surface area contributed by atoms with Gasteiger partial charge in [0.05, 0.1) is 22.3 Å². The Balaban J connectivity index is 1.20. The molecule has 58 heavy (non-hydrogen) atoms. The zero-order valence-electron chi connectivity index (χ0n) is 33.1. The van der Waals surface area contributed by atoms with Crippen LogP contribution in [0.25, 0.3) is 60.9 Å². The number of furan rings is 1. The molecule has 3 aliphatic heterocycles. The van der Waals surface area contributed by atoms with Gasteiger partial charge in [-0.05, 0) is 91.2 Å². The van der Waals surface area contributed by atoms with Crippen molar-refractivity contribution in [2.75, 3.05) is 9.71 Å². The van der Waals surface area contributed by atoms with Crippen molar-refractivity contribution in [3.8, 4) is 28.1 Å². The van der Waals surface area contributed by atoms with Gasteiger partial charge in [-0.2, -0.15) is 0 Å². The lowest BCUT2D eigenvalue weighted by molar-refractivity contribution is 0.195. The van der Waals surface area contributed by atoms with Gasteiger partial charge < -0.3 is 18.7 Å². The van der Waals surface area contributed by atoms with Crippen LogP contribution in [0, 0.1) is 6.92 Å². The third-order valence-corrected chi connectivity index (χ3v) is 14.8. The number of nitrogens with zero attached hydrogens (tertiary/aromatic N) is 3. The maximum Gasteiger partial charge on any atom is 0.333 e. The van der Waals surface area contributed by atoms with Crippen molar-refractivity contribution in [3.05, 3.63) is 163 Å². The number of anilines is 4. The summed E-state index contributed by atoms with van der Waals surface area (Å²) in [5.74, 6) is 0.891. The molecule has 0 saturated heterocycles. The van der Waals surface area contributed by atoms with Crippen LogP contribution < -0.4 is 20.6 Å². The molecule has 5 heteroatoms. The molecular formula is C53H42BN3O. The number of hydrogen-bond acceptors (Lipinski definition) is 3. The van der Waals surface area contributed by atoms with Crippen LogP contribution in [0.5, 0.6) is 0 Å². The summed E-state index contributed by atoms with van der Waals surface area (Å²) in [7, 11) is 0. The van der Waals surface area contributed by atoms with Gasteiger partial charge in [0.25, 0.3) is 0 Å². The molecule has 13 rings (SSSR count). The van der Waals surface area contributed by atoms with Crippen LogP contribution in [0.15, 0.2) is 156 Å². The molecule has 278 valence electrons. The van der Waals surface area contributed by atoms with E-state index < -0.39 is 0 Å². The molecule has 4 nitrogen and oxygen atoms in total. The Bertz CT molecular complexity index is 3200. The number of hydrogen-bond donors (Lipinski definition) is 0. The van der Waals surface area contributed by atoms with Gasteiger partial charge in [0.2, 0.25) is 0 Å². The molecule has 1 fully saturated rings. The molecule has 5 heterocycles. The van der Waals surface area contributed by atoms with Gasteiger partial charge in [0.1, 0.15) is 11.3 Å². The second-order valence-electron chi connectivity index (χ2n) is 17.6. The Morgan fingerprint density at radius 1 is 0.638 bits per heavy atom. The lowest BCUT2D eigenvalue weighted by Gasteiger charge is -2.51. The van der Waals surface area contributed by atoms with Crippen molar-refractivity contribution in [3.63, 3.8) is 0 Å². The zero-order valence-corrected chi connectivity index (χ0v) is 33.1. The van der Waals surface area contributed by atoms with Crippen molar-refractivity contribution in [2.24, 2.45) is 0 Å². The van der Waals surface area contributed by atoms with Gasteiger partial charge >= 0.3 is 6.85 Å². The van der Waals surface area contributed by atoms with E-state index in [1.54, 1.807) is 0 Å². The molecule has 9 aromatic rings. The lowest BCUT2D eigenvalue weighted by atomic mass is 9.44. The Kier molecular flexibility index (Phi) is 6.38. The molecule has 0 N–H and O–H groups in total. The van der Waals surface area contributed by atoms with Crippen LogP contribution >= 0.6 is 0 Å². The zero-order chi connectivity index (χ0) is 38.5. The maximum atomic E-state index is 6.77. The number of fused-ring (bicyclic) bond motifs is 12. The second kappa shape index (κ2) is 11.4. The first kappa shape index (κ1) is 32.6. The van der Waals surface area contributed by atoms with E-state index in [1.165, 1.54) is 103 Å². The summed E-state index contributed by atoms with van der Waals surface area (Å²) in [4.78, 5) is 5.42. The van der Waals surface area contributed by atoms with Crippen molar-refractivity contribution in [2.45, 2.75) is 57.4 Å². The molecule has 2 atom stereocenters. The third kappa shape index (κ3) is 4.01. The summed E-state index contributed by atoms with van der Waals surface area (Å²) in [6, 6.07) is 56.8. The van der Waals surface area contributed by atoms with Crippen LogP contribution in [0.4, 0.5) is 22.7 Å². The first-order chi connectivity index (χ1) is 28.4. The Hall–Kier alpha value is -6.46. The van der Waals surface area contributed by atoms with E-state index in [2.05, 4.69) is 187 Å². The first-order valence-corrected chi connectivity index (χ1v) is 21.0. The van der Waals surface area contributed by atoms with E-state index in [4.69, 9.17) is 4.42 Å². The number of para-hydroxylation sites is 3. The number of benzene rings is 7. The van der Waals surface area contributed by atoms with E-state index in [1.807, 2.05) is 0 Å². The molecule has 0 amide bonds. The summed E-state index contributed by atoms with van der Waals surface area (Å²) >= 11 is 0. The normalized spacial score (nSPS) is 20.1. The number of rotatable bonds is 3. The van der Waals surface area contributed by atoms with Gasteiger partial charge in [-0.3, -0.25) is 0 Å². The van der Waals surface area contributed by atoms with Gasteiger partial charge in [0.15, 0.2) is 0 Å². The molecule has 4 aliphatic rings. The summed E-state index contributed by atoms with van der Waals surface area (Å²) < 4.78 is 9.36. The minimum atomic E-state index is -0.0863. The van der Waals surface area contributed by atoms with E-state index in [-0.39, 0.29) is 17.8 Å². The van der Waals surface area contributed by atoms with Crippen LogP contribution in [-0.2, 0) is 5.41 Å². The molecule has 2 aromatic heterocycles. The highest BCUT2D eigenvalue weighted by molar-refractivity contribution is 6.94. The van der Waals surface area contributed by atoms with Crippen LogP contribution in [-0.4, -0.2) is 17.0 Å². The lowest BCUT2D eigenvalue weighted by Crippen LogP contribution is -2.60. The highest BCUT2D eigenvalue weighted by Gasteiger charge is 2.58. The SMILES string of the molecule is Cc1ccc(N2B3c4cc5cc(-c6ccccc6)oc5cc4-n4c5ccccc5c5c(N6c7ccccc7C7(C)CCCCC67C)cc(c3c54)-c3ccccc32)cc1. The van der Waals surface area contributed by atoms with Crippen molar-refractivity contribution >= 4 is 73.3 Å².